The van der Waals surface area contributed by atoms with Crippen LogP contribution in [0.5, 0.6) is 23.0 Å². The van der Waals surface area contributed by atoms with Gasteiger partial charge >= 0.3 is 0 Å². The number of hydrogen-bond donors (Lipinski definition) is 0. The molecule has 0 bridgehead atoms. The summed E-state index contributed by atoms with van der Waals surface area (Å²) in [5, 5.41) is 0. The summed E-state index contributed by atoms with van der Waals surface area (Å²) in [7, 11) is 2.38. The van der Waals surface area contributed by atoms with E-state index in [-0.39, 0.29) is 0 Å². The lowest BCUT2D eigenvalue weighted by atomic mass is 9.75. The van der Waals surface area contributed by atoms with E-state index in [2.05, 4.69) is 38.2 Å². The van der Waals surface area contributed by atoms with Gasteiger partial charge in [0.25, 0.3) is 0 Å². The SMILES string of the molecule is C[C@H]1c2ccc3c(c2C[N@+]2(C)CCc4cc5c(cc4[C@H]12)OCO5)OCO3. The van der Waals surface area contributed by atoms with E-state index in [1.165, 1.54) is 22.3 Å². The molecule has 6 rings (SSSR count). The summed E-state index contributed by atoms with van der Waals surface area (Å²) in [5.74, 6) is 4.04. The van der Waals surface area contributed by atoms with Gasteiger partial charge in [0, 0.05) is 17.9 Å². The van der Waals surface area contributed by atoms with Crippen LogP contribution in [0.25, 0.3) is 0 Å². The van der Waals surface area contributed by atoms with Crippen LogP contribution in [-0.2, 0) is 13.0 Å². The first-order valence-corrected chi connectivity index (χ1v) is 9.32. The highest BCUT2D eigenvalue weighted by Crippen LogP contribution is 2.54. The lowest BCUT2D eigenvalue weighted by Crippen LogP contribution is -2.54. The first-order chi connectivity index (χ1) is 12.6. The maximum Gasteiger partial charge on any atom is 0.231 e. The molecule has 0 amide bonds. The number of benzene rings is 2. The summed E-state index contributed by atoms with van der Waals surface area (Å²) in [5.41, 5.74) is 5.54. The van der Waals surface area contributed by atoms with Gasteiger partial charge in [-0.15, -0.1) is 0 Å². The Morgan fingerprint density at radius 3 is 2.58 bits per heavy atom. The van der Waals surface area contributed by atoms with Crippen LogP contribution < -0.4 is 18.9 Å². The van der Waals surface area contributed by atoms with Gasteiger partial charge < -0.3 is 23.4 Å². The number of hydrogen-bond acceptors (Lipinski definition) is 4. The van der Waals surface area contributed by atoms with Crippen LogP contribution in [-0.4, -0.2) is 31.7 Å². The van der Waals surface area contributed by atoms with E-state index < -0.39 is 0 Å². The summed E-state index contributed by atoms with van der Waals surface area (Å²) in [6, 6.07) is 9.14. The molecule has 0 saturated carbocycles. The lowest BCUT2D eigenvalue weighted by Gasteiger charge is -2.51. The highest BCUT2D eigenvalue weighted by molar-refractivity contribution is 5.56. The normalized spacial score (nSPS) is 29.8. The van der Waals surface area contributed by atoms with Crippen molar-refractivity contribution in [2.24, 2.45) is 0 Å². The van der Waals surface area contributed by atoms with Crippen molar-refractivity contribution in [3.05, 3.63) is 46.5 Å². The fourth-order valence-electron chi connectivity index (χ4n) is 5.50. The molecule has 4 heterocycles. The maximum atomic E-state index is 5.83. The van der Waals surface area contributed by atoms with Gasteiger partial charge in [-0.2, -0.15) is 0 Å². The van der Waals surface area contributed by atoms with Gasteiger partial charge in [0.05, 0.1) is 19.2 Å². The van der Waals surface area contributed by atoms with Crippen molar-refractivity contribution in [2.45, 2.75) is 31.8 Å². The number of rotatable bonds is 0. The number of ether oxygens (including phenoxy) is 4. The number of fused-ring (bicyclic) bond motifs is 7. The second-order valence-corrected chi connectivity index (χ2v) is 8.12. The van der Waals surface area contributed by atoms with Crippen LogP contribution in [0.3, 0.4) is 0 Å². The standard InChI is InChI=1S/C21H22NO4/c1-12-14-3-4-17-21(26-11-23-17)16(14)9-22(2)6-5-13-7-18-19(25-10-24-18)8-15(13)20(12)22/h3-4,7-8,12,20H,5-6,9-11H2,1-2H3/q+1/t12-,20-,22-/m0/s1. The Labute approximate surface area is 152 Å². The molecule has 0 radical (unpaired) electrons. The Kier molecular flexibility index (Phi) is 2.75. The Bertz CT molecular complexity index is 940. The summed E-state index contributed by atoms with van der Waals surface area (Å²) >= 11 is 0. The fourth-order valence-corrected chi connectivity index (χ4v) is 5.50. The average molecular weight is 352 g/mol. The largest absolute Gasteiger partial charge is 0.454 e. The van der Waals surface area contributed by atoms with Crippen LogP contribution in [0.15, 0.2) is 24.3 Å². The van der Waals surface area contributed by atoms with Crippen LogP contribution in [0.1, 0.15) is 41.1 Å². The van der Waals surface area contributed by atoms with Crippen LogP contribution in [0.4, 0.5) is 0 Å². The van der Waals surface area contributed by atoms with E-state index in [0.717, 1.165) is 47.0 Å². The summed E-state index contributed by atoms with van der Waals surface area (Å²) < 4.78 is 23.7. The molecule has 134 valence electrons. The van der Waals surface area contributed by atoms with E-state index in [9.17, 15) is 0 Å². The molecule has 0 unspecified atom stereocenters. The Morgan fingerprint density at radius 2 is 1.69 bits per heavy atom. The van der Waals surface area contributed by atoms with Crippen molar-refractivity contribution in [3.8, 4) is 23.0 Å². The molecule has 2 aromatic rings. The van der Waals surface area contributed by atoms with Crippen molar-refractivity contribution in [1.82, 2.24) is 0 Å². The quantitative estimate of drug-likeness (QED) is 0.680. The van der Waals surface area contributed by atoms with Gasteiger partial charge in [-0.3, -0.25) is 0 Å². The summed E-state index contributed by atoms with van der Waals surface area (Å²) in [6.07, 6.45) is 1.06. The van der Waals surface area contributed by atoms with Gasteiger partial charge in [-0.05, 0) is 29.3 Å². The predicted octanol–water partition coefficient (Wildman–Crippen LogP) is 3.51. The smallest absolute Gasteiger partial charge is 0.231 e. The van der Waals surface area contributed by atoms with Crippen molar-refractivity contribution in [1.29, 1.82) is 0 Å². The predicted molar refractivity (Wildman–Crippen MR) is 94.7 cm³/mol. The number of nitrogens with zero attached hydrogens (tertiary/aromatic N) is 1. The third-order valence-electron chi connectivity index (χ3n) is 6.68. The molecule has 5 heteroatoms. The lowest BCUT2D eigenvalue weighted by molar-refractivity contribution is -0.957. The van der Waals surface area contributed by atoms with E-state index in [1.54, 1.807) is 0 Å². The molecule has 3 atom stereocenters. The molecular formula is C21H22NO4+. The molecular weight excluding hydrogens is 330 g/mol. The fraction of sp³-hybridized carbons (Fsp3) is 0.429. The third-order valence-corrected chi connectivity index (χ3v) is 6.68. The minimum Gasteiger partial charge on any atom is -0.454 e. The van der Waals surface area contributed by atoms with Gasteiger partial charge in [0.15, 0.2) is 23.0 Å². The van der Waals surface area contributed by atoms with E-state index in [4.69, 9.17) is 18.9 Å². The first kappa shape index (κ1) is 14.7. The Balaban J connectivity index is 1.53. The molecule has 0 spiro atoms. The second kappa shape index (κ2) is 4.86. The zero-order valence-corrected chi connectivity index (χ0v) is 15.1. The zero-order valence-electron chi connectivity index (χ0n) is 15.1. The molecule has 26 heavy (non-hydrogen) atoms. The Hall–Kier alpha value is -2.40. The molecule has 4 aliphatic heterocycles. The minimum atomic E-state index is 0.330. The molecule has 2 aromatic carbocycles. The Morgan fingerprint density at radius 1 is 0.923 bits per heavy atom. The van der Waals surface area contributed by atoms with Gasteiger partial charge in [0.1, 0.15) is 12.6 Å². The molecule has 0 aromatic heterocycles. The van der Waals surface area contributed by atoms with Crippen LogP contribution in [0.2, 0.25) is 0 Å². The van der Waals surface area contributed by atoms with Gasteiger partial charge in [-0.25, -0.2) is 0 Å². The molecule has 4 aliphatic rings. The molecule has 0 N–H and O–H groups in total. The highest BCUT2D eigenvalue weighted by atomic mass is 16.7. The zero-order chi connectivity index (χ0) is 17.5. The van der Waals surface area contributed by atoms with E-state index in [1.807, 2.05) is 0 Å². The van der Waals surface area contributed by atoms with Crippen molar-refractivity contribution in [3.63, 3.8) is 0 Å². The molecule has 0 saturated heterocycles. The molecule has 5 nitrogen and oxygen atoms in total. The maximum absolute atomic E-state index is 5.83. The monoisotopic (exact) mass is 352 g/mol. The van der Waals surface area contributed by atoms with Crippen molar-refractivity contribution >= 4 is 0 Å². The summed E-state index contributed by atoms with van der Waals surface area (Å²) in [6.45, 7) is 5.11. The van der Waals surface area contributed by atoms with E-state index >= 15 is 0 Å². The highest BCUT2D eigenvalue weighted by Gasteiger charge is 2.49. The first-order valence-electron chi connectivity index (χ1n) is 9.32. The van der Waals surface area contributed by atoms with E-state index in [0.29, 0.717) is 25.5 Å². The van der Waals surface area contributed by atoms with Gasteiger partial charge in [-0.1, -0.05) is 13.0 Å². The van der Waals surface area contributed by atoms with Crippen molar-refractivity contribution < 1.29 is 23.4 Å². The topological polar surface area (TPSA) is 36.9 Å². The van der Waals surface area contributed by atoms with Crippen molar-refractivity contribution in [2.75, 3.05) is 27.2 Å². The third kappa shape index (κ3) is 1.79. The second-order valence-electron chi connectivity index (χ2n) is 8.12. The minimum absolute atomic E-state index is 0.330. The number of quaternary nitrogens is 1. The number of likely N-dealkylation sites (N-methyl/N-ethyl adjacent to an activating group) is 1. The van der Waals surface area contributed by atoms with Gasteiger partial charge in [0.2, 0.25) is 13.6 Å². The molecule has 0 aliphatic carbocycles. The van der Waals surface area contributed by atoms with Crippen LogP contribution in [0, 0.1) is 0 Å². The van der Waals surface area contributed by atoms with Crippen LogP contribution >= 0.6 is 0 Å². The summed E-state index contributed by atoms with van der Waals surface area (Å²) in [4.78, 5) is 0. The molecule has 0 fully saturated rings. The average Bonchev–Trinajstić information content (AvgIpc) is 3.28.